The first-order valence-electron chi connectivity index (χ1n) is 10.3. The Hall–Kier alpha value is -2.24. The van der Waals surface area contributed by atoms with Gasteiger partial charge in [0.25, 0.3) is 0 Å². The van der Waals surface area contributed by atoms with Gasteiger partial charge in [-0.3, -0.25) is 0 Å². The molecule has 2 aromatic heterocycles. The van der Waals surface area contributed by atoms with Crippen LogP contribution in [0.5, 0.6) is 0 Å². The summed E-state index contributed by atoms with van der Waals surface area (Å²) in [6.45, 7) is 4.25. The van der Waals surface area contributed by atoms with Gasteiger partial charge >= 0.3 is 0 Å². The van der Waals surface area contributed by atoms with E-state index < -0.39 is 0 Å². The van der Waals surface area contributed by atoms with Crippen molar-refractivity contribution in [1.82, 2.24) is 14.9 Å². The van der Waals surface area contributed by atoms with E-state index in [2.05, 4.69) is 53.3 Å². The SMILES string of the molecule is CN1CCN(c2nc(C=Cc3ccccc3)nc3sc4c(c23)CCCC4)CC1. The molecule has 28 heavy (non-hydrogen) atoms. The zero-order valence-electron chi connectivity index (χ0n) is 16.4. The topological polar surface area (TPSA) is 32.3 Å². The van der Waals surface area contributed by atoms with E-state index in [4.69, 9.17) is 9.97 Å². The number of hydrogen-bond donors (Lipinski definition) is 0. The zero-order chi connectivity index (χ0) is 18.9. The van der Waals surface area contributed by atoms with E-state index in [1.54, 1.807) is 0 Å². The van der Waals surface area contributed by atoms with E-state index in [-0.39, 0.29) is 0 Å². The van der Waals surface area contributed by atoms with Crippen molar-refractivity contribution >= 4 is 39.5 Å². The van der Waals surface area contributed by atoms with Gasteiger partial charge in [-0.2, -0.15) is 0 Å². The quantitative estimate of drug-likeness (QED) is 0.659. The van der Waals surface area contributed by atoms with Gasteiger partial charge in [-0.05, 0) is 49.9 Å². The van der Waals surface area contributed by atoms with Crippen LogP contribution < -0.4 is 4.90 Å². The summed E-state index contributed by atoms with van der Waals surface area (Å²) in [7, 11) is 2.20. The summed E-state index contributed by atoms with van der Waals surface area (Å²) in [4.78, 5) is 17.6. The van der Waals surface area contributed by atoms with Crippen LogP contribution in [0.15, 0.2) is 30.3 Å². The number of likely N-dealkylation sites (N-methyl/N-ethyl adjacent to an activating group) is 1. The number of nitrogens with zero attached hydrogens (tertiary/aromatic N) is 4. The fourth-order valence-corrected chi connectivity index (χ4v) is 5.47. The minimum atomic E-state index is 0.823. The van der Waals surface area contributed by atoms with E-state index in [0.29, 0.717) is 0 Å². The number of aromatic nitrogens is 2. The van der Waals surface area contributed by atoms with Crippen LogP contribution in [-0.2, 0) is 12.8 Å². The lowest BCUT2D eigenvalue weighted by Gasteiger charge is -2.33. The monoisotopic (exact) mass is 390 g/mol. The Bertz CT molecular complexity index is 1000. The summed E-state index contributed by atoms with van der Waals surface area (Å²) in [5.41, 5.74) is 2.71. The molecule has 4 nitrogen and oxygen atoms in total. The van der Waals surface area contributed by atoms with Gasteiger partial charge in [0.15, 0.2) is 5.82 Å². The van der Waals surface area contributed by atoms with Crippen molar-refractivity contribution in [2.24, 2.45) is 0 Å². The van der Waals surface area contributed by atoms with Gasteiger partial charge in [-0.15, -0.1) is 11.3 Å². The number of rotatable bonds is 3. The highest BCUT2D eigenvalue weighted by Crippen LogP contribution is 2.40. The number of benzene rings is 1. The Balaban J connectivity index is 1.59. The lowest BCUT2D eigenvalue weighted by atomic mass is 9.97. The van der Waals surface area contributed by atoms with Crippen molar-refractivity contribution in [3.8, 4) is 0 Å². The maximum absolute atomic E-state index is 5.06. The molecule has 3 aromatic rings. The third kappa shape index (κ3) is 3.45. The first-order valence-corrected chi connectivity index (χ1v) is 11.1. The Labute approximate surface area is 170 Å². The minimum Gasteiger partial charge on any atom is -0.353 e. The van der Waals surface area contributed by atoms with Crippen LogP contribution in [0.3, 0.4) is 0 Å². The van der Waals surface area contributed by atoms with Crippen molar-refractivity contribution in [3.05, 3.63) is 52.2 Å². The van der Waals surface area contributed by atoms with E-state index in [9.17, 15) is 0 Å². The van der Waals surface area contributed by atoms with Crippen molar-refractivity contribution in [3.63, 3.8) is 0 Å². The fourth-order valence-electron chi connectivity index (χ4n) is 4.21. The molecule has 3 heterocycles. The molecule has 5 rings (SSSR count). The van der Waals surface area contributed by atoms with Crippen LogP contribution in [0.1, 0.15) is 34.7 Å². The Morgan fingerprint density at radius 1 is 0.929 bits per heavy atom. The predicted octanol–water partition coefficient (Wildman–Crippen LogP) is 4.49. The second-order valence-corrected chi connectivity index (χ2v) is 8.91. The van der Waals surface area contributed by atoms with E-state index in [0.717, 1.165) is 37.8 Å². The molecule has 1 aliphatic carbocycles. The highest BCUT2D eigenvalue weighted by Gasteiger charge is 2.25. The molecule has 0 unspecified atom stereocenters. The molecule has 0 amide bonds. The summed E-state index contributed by atoms with van der Waals surface area (Å²) in [6, 6.07) is 10.4. The second kappa shape index (κ2) is 7.64. The molecule has 1 fully saturated rings. The number of piperazine rings is 1. The third-order valence-electron chi connectivity index (χ3n) is 5.84. The smallest absolute Gasteiger partial charge is 0.155 e. The van der Waals surface area contributed by atoms with Gasteiger partial charge in [-0.25, -0.2) is 9.97 Å². The van der Waals surface area contributed by atoms with Crippen LogP contribution in [0.4, 0.5) is 5.82 Å². The number of aryl methyl sites for hydroxylation is 2. The van der Waals surface area contributed by atoms with Crippen molar-refractivity contribution < 1.29 is 0 Å². The molecule has 0 saturated carbocycles. The fraction of sp³-hybridized carbons (Fsp3) is 0.391. The standard InChI is InChI=1S/C23H26N4S/c1-26-13-15-27(16-14-26)22-21-18-9-5-6-10-19(18)28-23(21)25-20(24-22)12-11-17-7-3-2-4-8-17/h2-4,7-8,11-12H,5-6,9-10,13-16H2,1H3. The Morgan fingerprint density at radius 2 is 1.71 bits per heavy atom. The third-order valence-corrected chi connectivity index (χ3v) is 7.03. The summed E-state index contributed by atoms with van der Waals surface area (Å²) in [5, 5.41) is 1.33. The van der Waals surface area contributed by atoms with Crippen LogP contribution in [0, 0.1) is 0 Å². The number of anilines is 1. The maximum Gasteiger partial charge on any atom is 0.155 e. The van der Waals surface area contributed by atoms with Crippen LogP contribution in [0.25, 0.3) is 22.4 Å². The van der Waals surface area contributed by atoms with Crippen molar-refractivity contribution in [2.45, 2.75) is 25.7 Å². The molecule has 1 saturated heterocycles. The first-order chi connectivity index (χ1) is 13.8. The van der Waals surface area contributed by atoms with Crippen LogP contribution in [0.2, 0.25) is 0 Å². The van der Waals surface area contributed by atoms with E-state index in [1.165, 1.54) is 51.9 Å². The van der Waals surface area contributed by atoms with Crippen molar-refractivity contribution in [2.75, 3.05) is 38.1 Å². The van der Waals surface area contributed by atoms with Crippen LogP contribution in [-0.4, -0.2) is 48.1 Å². The van der Waals surface area contributed by atoms with E-state index in [1.807, 2.05) is 17.4 Å². The first kappa shape index (κ1) is 17.8. The molecule has 2 aliphatic rings. The highest BCUT2D eigenvalue weighted by atomic mass is 32.1. The molecule has 144 valence electrons. The molecule has 0 atom stereocenters. The Morgan fingerprint density at radius 3 is 2.54 bits per heavy atom. The number of hydrogen-bond acceptors (Lipinski definition) is 5. The number of thiophene rings is 1. The van der Waals surface area contributed by atoms with Crippen LogP contribution >= 0.6 is 11.3 Å². The molecule has 1 aliphatic heterocycles. The normalized spacial score (nSPS) is 18.1. The molecule has 0 bridgehead atoms. The molecule has 0 spiro atoms. The second-order valence-electron chi connectivity index (χ2n) is 7.83. The van der Waals surface area contributed by atoms with Gasteiger partial charge in [0.1, 0.15) is 10.6 Å². The van der Waals surface area contributed by atoms with Gasteiger partial charge in [-0.1, -0.05) is 36.4 Å². The Kier molecular flexibility index (Phi) is 4.87. The molecule has 5 heteroatoms. The molecular weight excluding hydrogens is 364 g/mol. The number of fused-ring (bicyclic) bond motifs is 3. The predicted molar refractivity (Wildman–Crippen MR) is 119 cm³/mol. The minimum absolute atomic E-state index is 0.823. The summed E-state index contributed by atoms with van der Waals surface area (Å²) in [5.74, 6) is 1.98. The largest absolute Gasteiger partial charge is 0.353 e. The van der Waals surface area contributed by atoms with E-state index >= 15 is 0 Å². The lowest BCUT2D eigenvalue weighted by Crippen LogP contribution is -2.45. The maximum atomic E-state index is 5.06. The zero-order valence-corrected chi connectivity index (χ0v) is 17.2. The molecular formula is C23H26N4S. The van der Waals surface area contributed by atoms with Gasteiger partial charge in [0.05, 0.1) is 5.39 Å². The average molecular weight is 391 g/mol. The van der Waals surface area contributed by atoms with Crippen molar-refractivity contribution in [1.29, 1.82) is 0 Å². The van der Waals surface area contributed by atoms with Gasteiger partial charge in [0, 0.05) is 31.1 Å². The molecule has 0 radical (unpaired) electrons. The molecule has 1 aromatic carbocycles. The lowest BCUT2D eigenvalue weighted by molar-refractivity contribution is 0.312. The molecule has 0 N–H and O–H groups in total. The summed E-state index contributed by atoms with van der Waals surface area (Å²) >= 11 is 1.89. The average Bonchev–Trinajstić information content (AvgIpc) is 3.11. The summed E-state index contributed by atoms with van der Waals surface area (Å²) in [6.07, 6.45) is 9.15. The van der Waals surface area contributed by atoms with Gasteiger partial charge < -0.3 is 9.80 Å². The van der Waals surface area contributed by atoms with Gasteiger partial charge in [0.2, 0.25) is 0 Å². The summed E-state index contributed by atoms with van der Waals surface area (Å²) < 4.78 is 0. The highest BCUT2D eigenvalue weighted by molar-refractivity contribution is 7.19.